The molecule has 0 aromatic heterocycles. The maximum Gasteiger partial charge on any atom is 0.0635 e. The summed E-state index contributed by atoms with van der Waals surface area (Å²) in [5.74, 6) is 1.80. The first-order valence-corrected chi connectivity index (χ1v) is 7.07. The summed E-state index contributed by atoms with van der Waals surface area (Å²) in [6.07, 6.45) is 4.74. The molecule has 3 saturated heterocycles. The minimum atomic E-state index is 0.685. The zero-order valence-electron chi connectivity index (χ0n) is 10.6. The Morgan fingerprint density at radius 1 is 1.25 bits per heavy atom. The van der Waals surface area contributed by atoms with Crippen LogP contribution in [0.1, 0.15) is 33.1 Å². The van der Waals surface area contributed by atoms with Gasteiger partial charge >= 0.3 is 0 Å². The largest absolute Gasteiger partial charge is 0.316 e. The number of hydrogen-bond donors (Lipinski definition) is 2. The molecule has 0 aromatic carbocycles. The van der Waals surface area contributed by atoms with Gasteiger partial charge in [-0.15, -0.1) is 0 Å². The maximum atomic E-state index is 3.91. The average Bonchev–Trinajstić information content (AvgIpc) is 2.83. The Morgan fingerprint density at radius 2 is 2.12 bits per heavy atom. The van der Waals surface area contributed by atoms with E-state index in [9.17, 15) is 0 Å². The van der Waals surface area contributed by atoms with Gasteiger partial charge in [0.15, 0.2) is 0 Å². The minimum Gasteiger partial charge on any atom is -0.316 e. The Bertz CT molecular complexity index is 244. The SMILES string of the molecule is CCC1CC2C3CNCCC3NC2N1CC. The fourth-order valence-electron chi connectivity index (χ4n) is 4.29. The molecule has 5 unspecified atom stereocenters. The molecule has 0 amide bonds. The zero-order valence-corrected chi connectivity index (χ0v) is 10.6. The van der Waals surface area contributed by atoms with Crippen LogP contribution in [0.25, 0.3) is 0 Å². The Labute approximate surface area is 99.0 Å². The van der Waals surface area contributed by atoms with Crippen molar-refractivity contribution >= 4 is 0 Å². The van der Waals surface area contributed by atoms with Crippen LogP contribution in [0, 0.1) is 11.8 Å². The van der Waals surface area contributed by atoms with E-state index in [2.05, 4.69) is 29.4 Å². The summed E-state index contributed by atoms with van der Waals surface area (Å²) in [5.41, 5.74) is 0. The third-order valence-electron chi connectivity index (χ3n) is 5.08. The highest BCUT2D eigenvalue weighted by Gasteiger charge is 2.51. The molecular formula is C13H25N3. The fraction of sp³-hybridized carbons (Fsp3) is 1.00. The topological polar surface area (TPSA) is 27.3 Å². The molecule has 0 saturated carbocycles. The summed E-state index contributed by atoms with van der Waals surface area (Å²) < 4.78 is 0. The van der Waals surface area contributed by atoms with Gasteiger partial charge in [-0.1, -0.05) is 13.8 Å². The quantitative estimate of drug-likeness (QED) is 0.732. The van der Waals surface area contributed by atoms with Crippen molar-refractivity contribution in [3.63, 3.8) is 0 Å². The van der Waals surface area contributed by atoms with Crippen LogP contribution >= 0.6 is 0 Å². The van der Waals surface area contributed by atoms with E-state index in [4.69, 9.17) is 0 Å². The summed E-state index contributed by atoms with van der Waals surface area (Å²) in [7, 11) is 0. The molecule has 3 heteroatoms. The fourth-order valence-corrected chi connectivity index (χ4v) is 4.29. The third-order valence-corrected chi connectivity index (χ3v) is 5.08. The van der Waals surface area contributed by atoms with Gasteiger partial charge in [0.25, 0.3) is 0 Å². The van der Waals surface area contributed by atoms with Gasteiger partial charge in [-0.2, -0.15) is 0 Å². The molecule has 16 heavy (non-hydrogen) atoms. The monoisotopic (exact) mass is 223 g/mol. The van der Waals surface area contributed by atoms with Gasteiger partial charge in [0.2, 0.25) is 0 Å². The van der Waals surface area contributed by atoms with Crippen LogP contribution in [0.5, 0.6) is 0 Å². The standard InChI is InChI=1S/C13H25N3/c1-3-9-7-10-11-8-14-6-5-12(11)15-13(10)16(9)4-2/h9-15H,3-8H2,1-2H3. The molecule has 0 bridgehead atoms. The van der Waals surface area contributed by atoms with Crippen LogP contribution in [0.2, 0.25) is 0 Å². The summed E-state index contributed by atoms with van der Waals surface area (Å²) in [4.78, 5) is 2.71. The van der Waals surface area contributed by atoms with Crippen LogP contribution in [-0.4, -0.2) is 42.8 Å². The summed E-state index contributed by atoms with van der Waals surface area (Å²) in [6, 6.07) is 1.62. The maximum absolute atomic E-state index is 3.91. The van der Waals surface area contributed by atoms with Crippen molar-refractivity contribution in [2.45, 2.75) is 51.4 Å². The van der Waals surface area contributed by atoms with Crippen molar-refractivity contribution in [1.82, 2.24) is 15.5 Å². The molecule has 0 aliphatic carbocycles. The molecule has 3 fully saturated rings. The number of rotatable bonds is 2. The number of piperidine rings is 1. The van der Waals surface area contributed by atoms with Gasteiger partial charge in [-0.3, -0.25) is 10.2 Å². The number of nitrogens with zero attached hydrogens (tertiary/aromatic N) is 1. The van der Waals surface area contributed by atoms with E-state index in [0.717, 1.165) is 23.9 Å². The molecule has 0 spiro atoms. The van der Waals surface area contributed by atoms with Crippen molar-refractivity contribution in [2.24, 2.45) is 11.8 Å². The molecular weight excluding hydrogens is 198 g/mol. The number of likely N-dealkylation sites (tertiary alicyclic amines) is 1. The molecule has 0 radical (unpaired) electrons. The van der Waals surface area contributed by atoms with Gasteiger partial charge in [0, 0.05) is 12.1 Å². The second kappa shape index (κ2) is 4.28. The predicted molar refractivity (Wildman–Crippen MR) is 66.3 cm³/mol. The van der Waals surface area contributed by atoms with E-state index in [1.54, 1.807) is 0 Å². The molecule has 2 N–H and O–H groups in total. The van der Waals surface area contributed by atoms with Crippen LogP contribution in [0.15, 0.2) is 0 Å². The predicted octanol–water partition coefficient (Wildman–Crippen LogP) is 1.01. The molecule has 3 aliphatic heterocycles. The number of fused-ring (bicyclic) bond motifs is 3. The van der Waals surface area contributed by atoms with Crippen LogP contribution in [0.4, 0.5) is 0 Å². The van der Waals surface area contributed by atoms with Crippen LogP contribution in [0.3, 0.4) is 0 Å². The lowest BCUT2D eigenvalue weighted by Crippen LogP contribution is -2.47. The summed E-state index contributed by atoms with van der Waals surface area (Å²) >= 11 is 0. The van der Waals surface area contributed by atoms with E-state index in [1.807, 2.05) is 0 Å². The van der Waals surface area contributed by atoms with Crippen LogP contribution in [-0.2, 0) is 0 Å². The molecule has 92 valence electrons. The number of hydrogen-bond acceptors (Lipinski definition) is 3. The van der Waals surface area contributed by atoms with Crippen molar-refractivity contribution in [3.8, 4) is 0 Å². The van der Waals surface area contributed by atoms with E-state index >= 15 is 0 Å². The first kappa shape index (κ1) is 11.0. The second-order valence-electron chi connectivity index (χ2n) is 5.67. The summed E-state index contributed by atoms with van der Waals surface area (Å²) in [6.45, 7) is 8.31. The number of nitrogens with one attached hydrogen (secondary N) is 2. The van der Waals surface area contributed by atoms with Gasteiger partial charge < -0.3 is 5.32 Å². The molecule has 3 nitrogen and oxygen atoms in total. The van der Waals surface area contributed by atoms with Gasteiger partial charge in [-0.25, -0.2) is 0 Å². The highest BCUT2D eigenvalue weighted by molar-refractivity contribution is 5.05. The molecule has 3 rings (SSSR count). The smallest absolute Gasteiger partial charge is 0.0635 e. The van der Waals surface area contributed by atoms with E-state index in [-0.39, 0.29) is 0 Å². The highest BCUT2D eigenvalue weighted by Crippen LogP contribution is 2.42. The lowest BCUT2D eigenvalue weighted by molar-refractivity contribution is 0.171. The molecule has 3 heterocycles. The first-order valence-electron chi connectivity index (χ1n) is 7.07. The first-order chi connectivity index (χ1) is 7.85. The Morgan fingerprint density at radius 3 is 2.88 bits per heavy atom. The Balaban J connectivity index is 1.77. The Hall–Kier alpha value is -0.120. The van der Waals surface area contributed by atoms with E-state index in [0.29, 0.717) is 6.17 Å². The average molecular weight is 223 g/mol. The van der Waals surface area contributed by atoms with E-state index in [1.165, 1.54) is 38.9 Å². The van der Waals surface area contributed by atoms with Crippen LogP contribution < -0.4 is 10.6 Å². The van der Waals surface area contributed by atoms with Gasteiger partial charge in [-0.05, 0) is 50.7 Å². The highest BCUT2D eigenvalue weighted by atomic mass is 15.3. The Kier molecular flexibility index (Phi) is 2.94. The molecule has 3 aliphatic rings. The van der Waals surface area contributed by atoms with E-state index < -0.39 is 0 Å². The van der Waals surface area contributed by atoms with Crippen molar-refractivity contribution in [3.05, 3.63) is 0 Å². The summed E-state index contributed by atoms with van der Waals surface area (Å²) in [5, 5.41) is 7.48. The van der Waals surface area contributed by atoms with Gasteiger partial charge in [0.1, 0.15) is 0 Å². The minimum absolute atomic E-state index is 0.685. The van der Waals surface area contributed by atoms with Crippen molar-refractivity contribution in [1.29, 1.82) is 0 Å². The second-order valence-corrected chi connectivity index (χ2v) is 5.67. The molecule has 5 atom stereocenters. The lowest BCUT2D eigenvalue weighted by Gasteiger charge is -2.31. The van der Waals surface area contributed by atoms with Crippen molar-refractivity contribution < 1.29 is 0 Å². The zero-order chi connectivity index (χ0) is 11.1. The lowest BCUT2D eigenvalue weighted by atomic mass is 9.84. The molecule has 0 aromatic rings. The van der Waals surface area contributed by atoms with Gasteiger partial charge in [0.05, 0.1) is 6.17 Å². The van der Waals surface area contributed by atoms with Crippen molar-refractivity contribution in [2.75, 3.05) is 19.6 Å². The normalized spacial score (nSPS) is 48.0. The third kappa shape index (κ3) is 1.52.